The summed E-state index contributed by atoms with van der Waals surface area (Å²) < 4.78 is 11.1. The van der Waals surface area contributed by atoms with Crippen LogP contribution in [0.3, 0.4) is 0 Å². The third-order valence-electron chi connectivity index (χ3n) is 5.05. The molecule has 0 bridgehead atoms. The molecule has 0 saturated carbocycles. The van der Waals surface area contributed by atoms with Crippen molar-refractivity contribution in [1.29, 1.82) is 0 Å². The van der Waals surface area contributed by atoms with Crippen LogP contribution in [-0.4, -0.2) is 17.6 Å². The number of rotatable bonds is 4. The van der Waals surface area contributed by atoms with Crippen LogP contribution < -0.4 is 9.64 Å². The van der Waals surface area contributed by atoms with E-state index in [2.05, 4.69) is 5.16 Å². The van der Waals surface area contributed by atoms with Gasteiger partial charge in [0.2, 0.25) is 0 Å². The van der Waals surface area contributed by atoms with Gasteiger partial charge in [0.05, 0.1) is 11.3 Å². The van der Waals surface area contributed by atoms with E-state index in [1.54, 1.807) is 6.07 Å². The molecule has 0 fully saturated rings. The maximum Gasteiger partial charge on any atom is 0.258 e. The lowest BCUT2D eigenvalue weighted by atomic mass is 10.0. The first-order chi connectivity index (χ1) is 13.5. The predicted octanol–water partition coefficient (Wildman–Crippen LogP) is 5.12. The van der Waals surface area contributed by atoms with Crippen molar-refractivity contribution >= 4 is 23.2 Å². The maximum absolute atomic E-state index is 13.2. The molecule has 144 valence electrons. The highest BCUT2D eigenvalue weighted by Gasteiger charge is 2.24. The van der Waals surface area contributed by atoms with Crippen molar-refractivity contribution in [3.63, 3.8) is 0 Å². The highest BCUT2D eigenvalue weighted by atomic mass is 35.5. The second kappa shape index (κ2) is 7.68. The van der Waals surface area contributed by atoms with Crippen molar-refractivity contribution < 1.29 is 14.1 Å². The van der Waals surface area contributed by atoms with E-state index in [0.29, 0.717) is 29.5 Å². The minimum atomic E-state index is -0.0361. The molecule has 4 rings (SSSR count). The van der Waals surface area contributed by atoms with Crippen LogP contribution in [0, 0.1) is 13.8 Å². The molecule has 1 aliphatic rings. The Balaban J connectivity index is 1.54. The summed E-state index contributed by atoms with van der Waals surface area (Å²) in [5.74, 6) is 1.35. The van der Waals surface area contributed by atoms with E-state index in [9.17, 15) is 4.79 Å². The fraction of sp³-hybridized carbons (Fsp3) is 0.273. The largest absolute Gasteiger partial charge is 0.489 e. The van der Waals surface area contributed by atoms with Gasteiger partial charge in [-0.2, -0.15) is 0 Å². The topological polar surface area (TPSA) is 55.6 Å². The highest BCUT2D eigenvalue weighted by molar-refractivity contribution is 6.30. The van der Waals surface area contributed by atoms with Crippen molar-refractivity contribution in [2.45, 2.75) is 33.3 Å². The van der Waals surface area contributed by atoms with Gasteiger partial charge in [0.1, 0.15) is 18.1 Å². The fourth-order valence-electron chi connectivity index (χ4n) is 3.51. The molecule has 0 N–H and O–H groups in total. The second-order valence-corrected chi connectivity index (χ2v) is 7.39. The first-order valence-electron chi connectivity index (χ1n) is 9.28. The number of carbonyl (C=O) groups excluding carboxylic acids is 1. The molecule has 2 heterocycles. The molecule has 5 nitrogen and oxygen atoms in total. The summed E-state index contributed by atoms with van der Waals surface area (Å²) in [4.78, 5) is 15.0. The van der Waals surface area contributed by atoms with E-state index in [1.165, 1.54) is 0 Å². The van der Waals surface area contributed by atoms with Crippen LogP contribution in [0.1, 0.15) is 39.4 Å². The van der Waals surface area contributed by atoms with Gasteiger partial charge in [0, 0.05) is 22.8 Å². The number of hydrogen-bond donors (Lipinski definition) is 0. The van der Waals surface area contributed by atoms with Crippen molar-refractivity contribution in [1.82, 2.24) is 5.16 Å². The van der Waals surface area contributed by atoms with E-state index < -0.39 is 0 Å². The maximum atomic E-state index is 13.2. The molecule has 0 radical (unpaired) electrons. The molecule has 1 amide bonds. The van der Waals surface area contributed by atoms with Crippen LogP contribution in [0.2, 0.25) is 5.02 Å². The minimum absolute atomic E-state index is 0.0361. The van der Waals surface area contributed by atoms with Gasteiger partial charge in [-0.3, -0.25) is 4.79 Å². The van der Waals surface area contributed by atoms with Crippen LogP contribution in [0.15, 0.2) is 47.0 Å². The Morgan fingerprint density at radius 3 is 2.89 bits per heavy atom. The zero-order valence-electron chi connectivity index (χ0n) is 15.9. The van der Waals surface area contributed by atoms with E-state index >= 15 is 0 Å². The average Bonchev–Trinajstić information content (AvgIpc) is 3.03. The number of aromatic nitrogens is 1. The van der Waals surface area contributed by atoms with Crippen LogP contribution in [0.25, 0.3) is 0 Å². The molecule has 3 aromatic rings. The zero-order valence-corrected chi connectivity index (χ0v) is 16.6. The van der Waals surface area contributed by atoms with Gasteiger partial charge < -0.3 is 14.2 Å². The average molecular weight is 397 g/mol. The molecular formula is C22H21ClN2O3. The Morgan fingerprint density at radius 1 is 1.25 bits per heavy atom. The Bertz CT molecular complexity index is 1010. The summed E-state index contributed by atoms with van der Waals surface area (Å²) in [7, 11) is 0. The summed E-state index contributed by atoms with van der Waals surface area (Å²) in [5.41, 5.74) is 4.38. The monoisotopic (exact) mass is 396 g/mol. The SMILES string of the molecule is Cc1noc(C)c1COc1cccc(C(=O)N2CCCc3cc(Cl)ccc32)c1. The van der Waals surface area contributed by atoms with Crippen LogP contribution in [0.4, 0.5) is 5.69 Å². The van der Waals surface area contributed by atoms with Crippen molar-refractivity contribution in [2.24, 2.45) is 0 Å². The van der Waals surface area contributed by atoms with Gasteiger partial charge in [-0.25, -0.2) is 0 Å². The molecule has 6 heteroatoms. The van der Waals surface area contributed by atoms with Gasteiger partial charge in [-0.15, -0.1) is 0 Å². The van der Waals surface area contributed by atoms with E-state index in [4.69, 9.17) is 20.9 Å². The van der Waals surface area contributed by atoms with Crippen molar-refractivity contribution in [3.8, 4) is 5.75 Å². The Labute approximate surface area is 168 Å². The fourth-order valence-corrected chi connectivity index (χ4v) is 3.71. The standard InChI is InChI=1S/C22H21ClN2O3/c1-14-20(15(2)28-24-14)13-27-19-7-3-5-17(12-19)22(26)25-10-4-6-16-11-18(23)8-9-21(16)25/h3,5,7-9,11-12H,4,6,10,13H2,1-2H3. The number of benzene rings is 2. The number of amides is 1. The third kappa shape index (κ3) is 3.62. The molecular weight excluding hydrogens is 376 g/mol. The number of hydrogen-bond acceptors (Lipinski definition) is 4. The predicted molar refractivity (Wildman–Crippen MR) is 108 cm³/mol. The number of halogens is 1. The zero-order chi connectivity index (χ0) is 19.7. The summed E-state index contributed by atoms with van der Waals surface area (Å²) in [6.07, 6.45) is 1.85. The molecule has 0 atom stereocenters. The lowest BCUT2D eigenvalue weighted by Gasteiger charge is -2.29. The molecule has 0 unspecified atom stereocenters. The van der Waals surface area contributed by atoms with Crippen LogP contribution in [-0.2, 0) is 13.0 Å². The van der Waals surface area contributed by atoms with Crippen molar-refractivity contribution in [2.75, 3.05) is 11.4 Å². The molecule has 1 aromatic heterocycles. The first-order valence-corrected chi connectivity index (χ1v) is 9.65. The number of fused-ring (bicyclic) bond motifs is 1. The number of ether oxygens (including phenoxy) is 1. The Kier molecular flexibility index (Phi) is 5.09. The first kappa shape index (κ1) is 18.6. The van der Waals surface area contributed by atoms with Gasteiger partial charge >= 0.3 is 0 Å². The molecule has 1 aliphatic heterocycles. The third-order valence-corrected chi connectivity index (χ3v) is 5.29. The summed E-state index contributed by atoms with van der Waals surface area (Å²) >= 11 is 6.11. The second-order valence-electron chi connectivity index (χ2n) is 6.95. The Hall–Kier alpha value is -2.79. The molecule has 2 aromatic carbocycles. The van der Waals surface area contributed by atoms with Crippen LogP contribution in [0.5, 0.6) is 5.75 Å². The molecule has 0 spiro atoms. The molecule has 0 saturated heterocycles. The lowest BCUT2D eigenvalue weighted by molar-refractivity contribution is 0.0984. The number of anilines is 1. The van der Waals surface area contributed by atoms with E-state index in [0.717, 1.165) is 41.1 Å². The summed E-state index contributed by atoms with van der Waals surface area (Å²) in [5, 5.41) is 4.63. The van der Waals surface area contributed by atoms with Gasteiger partial charge in [-0.1, -0.05) is 22.8 Å². The normalized spacial score (nSPS) is 13.3. The molecule has 0 aliphatic carbocycles. The van der Waals surface area contributed by atoms with Crippen LogP contribution >= 0.6 is 11.6 Å². The van der Waals surface area contributed by atoms with E-state index in [1.807, 2.05) is 55.1 Å². The summed E-state index contributed by atoms with van der Waals surface area (Å²) in [6.45, 7) is 4.79. The van der Waals surface area contributed by atoms with Gasteiger partial charge in [0.25, 0.3) is 5.91 Å². The number of nitrogens with zero attached hydrogens (tertiary/aromatic N) is 2. The van der Waals surface area contributed by atoms with Gasteiger partial charge in [0.15, 0.2) is 0 Å². The highest BCUT2D eigenvalue weighted by Crippen LogP contribution is 2.31. The minimum Gasteiger partial charge on any atom is -0.489 e. The van der Waals surface area contributed by atoms with Gasteiger partial charge in [-0.05, 0) is 68.7 Å². The molecule has 28 heavy (non-hydrogen) atoms. The van der Waals surface area contributed by atoms with Crippen molar-refractivity contribution in [3.05, 3.63) is 75.6 Å². The lowest BCUT2D eigenvalue weighted by Crippen LogP contribution is -2.35. The smallest absolute Gasteiger partial charge is 0.258 e. The number of carbonyl (C=O) groups is 1. The van der Waals surface area contributed by atoms with E-state index in [-0.39, 0.29) is 5.91 Å². The number of aryl methyl sites for hydroxylation is 3. The Morgan fingerprint density at radius 2 is 2.11 bits per heavy atom. The summed E-state index contributed by atoms with van der Waals surface area (Å²) in [6, 6.07) is 13.0. The quantitative estimate of drug-likeness (QED) is 0.614.